The molecule has 26 heavy (non-hydrogen) atoms. The number of para-hydroxylation sites is 1. The van der Waals surface area contributed by atoms with Gasteiger partial charge in [0.05, 0.1) is 22.8 Å². The Bertz CT molecular complexity index is 863. The molecule has 6 nitrogen and oxygen atoms in total. The number of anilines is 1. The van der Waals surface area contributed by atoms with Crippen LogP contribution in [-0.2, 0) is 14.8 Å². The molecule has 140 valence electrons. The van der Waals surface area contributed by atoms with Crippen molar-refractivity contribution in [1.29, 1.82) is 0 Å². The molecule has 0 spiro atoms. The number of carbonyl (C=O) groups excluding carboxylic acids is 1. The molecule has 0 fully saturated rings. The van der Waals surface area contributed by atoms with Crippen LogP contribution in [-0.4, -0.2) is 41.1 Å². The number of benzene rings is 2. The Labute approximate surface area is 154 Å². The second kappa shape index (κ2) is 8.33. The predicted molar refractivity (Wildman–Crippen MR) is 102 cm³/mol. The normalized spacial score (nSPS) is 12.5. The number of nitrogens with one attached hydrogen (secondary N) is 1. The van der Waals surface area contributed by atoms with E-state index in [1.54, 1.807) is 55.6 Å². The molecule has 0 unspecified atom stereocenters. The average Bonchev–Trinajstić information content (AvgIpc) is 2.61. The second-order valence-electron chi connectivity index (χ2n) is 6.13. The Morgan fingerprint density at radius 1 is 1.15 bits per heavy atom. The summed E-state index contributed by atoms with van der Waals surface area (Å²) in [4.78, 5) is 12.7. The van der Waals surface area contributed by atoms with E-state index in [0.29, 0.717) is 12.3 Å². The highest BCUT2D eigenvalue weighted by Gasteiger charge is 2.25. The van der Waals surface area contributed by atoms with E-state index in [1.807, 2.05) is 13.8 Å². The lowest BCUT2D eigenvalue weighted by molar-refractivity contribution is 0.0906. The van der Waals surface area contributed by atoms with Crippen LogP contribution in [0.4, 0.5) is 5.69 Å². The number of rotatable bonds is 7. The fraction of sp³-hybridized carbons (Fsp3) is 0.316. The fourth-order valence-electron chi connectivity index (χ4n) is 2.53. The molecule has 0 bridgehead atoms. The molecule has 0 aromatic heterocycles. The minimum Gasteiger partial charge on any atom is -0.383 e. The quantitative estimate of drug-likeness (QED) is 0.806. The van der Waals surface area contributed by atoms with Crippen molar-refractivity contribution >= 4 is 21.6 Å². The van der Waals surface area contributed by atoms with Crippen molar-refractivity contribution in [3.05, 3.63) is 59.7 Å². The van der Waals surface area contributed by atoms with E-state index in [4.69, 9.17) is 4.74 Å². The van der Waals surface area contributed by atoms with Crippen LogP contribution in [0.25, 0.3) is 0 Å². The molecular weight excluding hydrogens is 352 g/mol. The maximum absolute atomic E-state index is 12.9. The number of hydrogen-bond acceptors (Lipinski definition) is 4. The van der Waals surface area contributed by atoms with E-state index in [9.17, 15) is 13.2 Å². The summed E-state index contributed by atoms with van der Waals surface area (Å²) in [5, 5.41) is 2.81. The molecule has 7 heteroatoms. The Morgan fingerprint density at radius 2 is 1.77 bits per heavy atom. The van der Waals surface area contributed by atoms with Crippen molar-refractivity contribution in [1.82, 2.24) is 5.32 Å². The number of hydrogen-bond donors (Lipinski definition) is 1. The minimum atomic E-state index is -3.77. The van der Waals surface area contributed by atoms with Crippen molar-refractivity contribution in [2.45, 2.75) is 24.8 Å². The van der Waals surface area contributed by atoms with Crippen LogP contribution < -0.4 is 9.62 Å². The third-order valence-electron chi connectivity index (χ3n) is 3.96. The van der Waals surface area contributed by atoms with Crippen molar-refractivity contribution in [2.75, 3.05) is 25.1 Å². The van der Waals surface area contributed by atoms with E-state index >= 15 is 0 Å². The Kier molecular flexibility index (Phi) is 6.39. The lowest BCUT2D eigenvalue weighted by Crippen LogP contribution is -2.37. The van der Waals surface area contributed by atoms with Gasteiger partial charge in [0.15, 0.2) is 0 Å². The molecule has 0 aliphatic carbocycles. The van der Waals surface area contributed by atoms with Crippen LogP contribution in [0, 0.1) is 6.92 Å². The lowest BCUT2D eigenvalue weighted by Gasteiger charge is -2.23. The van der Waals surface area contributed by atoms with Gasteiger partial charge in [-0.25, -0.2) is 8.42 Å². The highest BCUT2D eigenvalue weighted by atomic mass is 32.2. The van der Waals surface area contributed by atoms with Crippen molar-refractivity contribution in [3.8, 4) is 0 Å². The van der Waals surface area contributed by atoms with E-state index in [2.05, 4.69) is 5.32 Å². The molecule has 2 aromatic rings. The monoisotopic (exact) mass is 376 g/mol. The van der Waals surface area contributed by atoms with Crippen LogP contribution >= 0.6 is 0 Å². The van der Waals surface area contributed by atoms with Gasteiger partial charge < -0.3 is 10.1 Å². The van der Waals surface area contributed by atoms with E-state index in [1.165, 1.54) is 7.05 Å². The maximum atomic E-state index is 12.9. The van der Waals surface area contributed by atoms with Gasteiger partial charge in [-0.2, -0.15) is 0 Å². The van der Waals surface area contributed by atoms with Gasteiger partial charge in [0.25, 0.3) is 15.9 Å². The maximum Gasteiger partial charge on any atom is 0.264 e. The summed E-state index contributed by atoms with van der Waals surface area (Å²) < 4.78 is 32.0. The number of sulfonamides is 1. The number of methoxy groups -OCH3 is 1. The van der Waals surface area contributed by atoms with Crippen LogP contribution in [0.5, 0.6) is 0 Å². The third-order valence-corrected chi connectivity index (χ3v) is 5.75. The highest BCUT2D eigenvalue weighted by Crippen LogP contribution is 2.26. The molecule has 1 atom stereocenters. The van der Waals surface area contributed by atoms with E-state index in [-0.39, 0.29) is 22.4 Å². The second-order valence-corrected chi connectivity index (χ2v) is 8.10. The first-order valence-electron chi connectivity index (χ1n) is 8.21. The zero-order valence-corrected chi connectivity index (χ0v) is 16.2. The van der Waals surface area contributed by atoms with Gasteiger partial charge in [0.1, 0.15) is 0 Å². The van der Waals surface area contributed by atoms with Gasteiger partial charge in [-0.3, -0.25) is 9.10 Å². The third kappa shape index (κ3) is 4.42. The number of carbonyl (C=O) groups is 1. The van der Waals surface area contributed by atoms with Crippen molar-refractivity contribution in [2.24, 2.45) is 0 Å². The minimum absolute atomic E-state index is 0.175. The SMILES string of the molecule is COC[C@@H](C)NC(=O)c1ccccc1N(C)S(=O)(=O)c1ccc(C)cc1. The van der Waals surface area contributed by atoms with E-state index in [0.717, 1.165) is 9.87 Å². The summed E-state index contributed by atoms with van der Waals surface area (Å²) >= 11 is 0. The van der Waals surface area contributed by atoms with Crippen molar-refractivity contribution in [3.63, 3.8) is 0 Å². The predicted octanol–water partition coefficient (Wildman–Crippen LogP) is 2.58. The van der Waals surface area contributed by atoms with Gasteiger partial charge in [0, 0.05) is 20.2 Å². The van der Waals surface area contributed by atoms with Crippen LogP contribution in [0.1, 0.15) is 22.8 Å². The molecule has 0 saturated heterocycles. The molecule has 0 aliphatic rings. The molecule has 0 saturated carbocycles. The number of ether oxygens (including phenoxy) is 1. The fourth-order valence-corrected chi connectivity index (χ4v) is 3.75. The Balaban J connectivity index is 2.36. The van der Waals surface area contributed by atoms with Crippen LogP contribution in [0.15, 0.2) is 53.4 Å². The summed E-state index contributed by atoms with van der Waals surface area (Å²) in [5.74, 6) is -0.351. The topological polar surface area (TPSA) is 75.7 Å². The summed E-state index contributed by atoms with van der Waals surface area (Å²) in [6.07, 6.45) is 0. The van der Waals surface area contributed by atoms with Crippen molar-refractivity contribution < 1.29 is 17.9 Å². The summed E-state index contributed by atoms with van der Waals surface area (Å²) in [6, 6.07) is 13.0. The Hall–Kier alpha value is -2.38. The number of aryl methyl sites for hydroxylation is 1. The van der Waals surface area contributed by atoms with Gasteiger partial charge in [-0.1, -0.05) is 29.8 Å². The molecule has 0 radical (unpaired) electrons. The largest absolute Gasteiger partial charge is 0.383 e. The molecule has 2 rings (SSSR count). The molecule has 1 N–H and O–H groups in total. The molecular formula is C19H24N2O4S. The lowest BCUT2D eigenvalue weighted by atomic mass is 10.1. The zero-order valence-electron chi connectivity index (χ0n) is 15.4. The molecule has 0 aliphatic heterocycles. The molecule has 0 heterocycles. The average molecular weight is 376 g/mol. The van der Waals surface area contributed by atoms with Gasteiger partial charge in [-0.05, 0) is 38.1 Å². The zero-order chi connectivity index (χ0) is 19.3. The first kappa shape index (κ1) is 19.9. The van der Waals surface area contributed by atoms with Crippen LogP contribution in [0.2, 0.25) is 0 Å². The highest BCUT2D eigenvalue weighted by molar-refractivity contribution is 7.92. The first-order valence-corrected chi connectivity index (χ1v) is 9.65. The summed E-state index contributed by atoms with van der Waals surface area (Å²) in [7, 11) is -0.776. The Morgan fingerprint density at radius 3 is 2.38 bits per heavy atom. The van der Waals surface area contributed by atoms with E-state index < -0.39 is 10.0 Å². The number of nitrogens with zero attached hydrogens (tertiary/aromatic N) is 1. The molecule has 2 aromatic carbocycles. The first-order chi connectivity index (χ1) is 12.3. The smallest absolute Gasteiger partial charge is 0.264 e. The molecule has 1 amide bonds. The standard InChI is InChI=1S/C19H24N2O4S/c1-14-9-11-16(12-10-14)26(23,24)21(3)18-8-6-5-7-17(18)19(22)20-15(2)13-25-4/h5-12,15H,13H2,1-4H3,(H,20,22)/t15-/m1/s1. The summed E-state index contributed by atoms with van der Waals surface area (Å²) in [6.45, 7) is 4.07. The van der Waals surface area contributed by atoms with Gasteiger partial charge >= 0.3 is 0 Å². The van der Waals surface area contributed by atoms with Crippen LogP contribution in [0.3, 0.4) is 0 Å². The summed E-state index contributed by atoms with van der Waals surface area (Å²) in [5.41, 5.74) is 1.57. The van der Waals surface area contributed by atoms with Gasteiger partial charge in [-0.15, -0.1) is 0 Å². The van der Waals surface area contributed by atoms with Gasteiger partial charge in [0.2, 0.25) is 0 Å². The number of amides is 1.